The molecule has 0 bridgehead atoms. The number of amides is 1. The van der Waals surface area contributed by atoms with E-state index in [1.54, 1.807) is 29.9 Å². The summed E-state index contributed by atoms with van der Waals surface area (Å²) in [7, 11) is 1.76. The normalized spacial score (nSPS) is 18.9. The molecule has 1 amide bonds. The number of carboxylic acid groups (broad SMARTS) is 1. The van der Waals surface area contributed by atoms with E-state index in [2.05, 4.69) is 10.3 Å². The largest absolute Gasteiger partial charge is 0.480 e. The van der Waals surface area contributed by atoms with Gasteiger partial charge in [0.1, 0.15) is 5.52 Å². The summed E-state index contributed by atoms with van der Waals surface area (Å²) in [5.41, 5.74) is 1.81. The molecule has 8 nitrogen and oxygen atoms in total. The van der Waals surface area contributed by atoms with Crippen LogP contribution in [-0.4, -0.2) is 62.7 Å². The molecule has 0 unspecified atom stereocenters. The van der Waals surface area contributed by atoms with Gasteiger partial charge < -0.3 is 14.7 Å². The number of hydrogen-bond donors (Lipinski definition) is 1. The first-order valence-corrected chi connectivity index (χ1v) is 6.49. The van der Waals surface area contributed by atoms with E-state index < -0.39 is 12.0 Å². The van der Waals surface area contributed by atoms with Gasteiger partial charge >= 0.3 is 5.97 Å². The second kappa shape index (κ2) is 5.13. The van der Waals surface area contributed by atoms with Crippen LogP contribution in [0.3, 0.4) is 0 Å². The second-order valence-electron chi connectivity index (χ2n) is 4.84. The lowest BCUT2D eigenvalue weighted by atomic mass is 10.1. The Kier molecular flexibility index (Phi) is 3.30. The molecule has 1 aliphatic rings. The highest BCUT2D eigenvalue weighted by Gasteiger charge is 2.33. The Balaban J connectivity index is 1.93. The molecule has 3 rings (SSSR count). The van der Waals surface area contributed by atoms with Gasteiger partial charge in [0.25, 0.3) is 5.91 Å². The quantitative estimate of drug-likeness (QED) is 0.829. The van der Waals surface area contributed by atoms with Crippen LogP contribution in [0.4, 0.5) is 0 Å². The number of morpholine rings is 1. The van der Waals surface area contributed by atoms with Gasteiger partial charge in [-0.15, -0.1) is 5.10 Å². The summed E-state index contributed by atoms with van der Waals surface area (Å²) < 4.78 is 6.74. The van der Waals surface area contributed by atoms with Crippen LogP contribution >= 0.6 is 0 Å². The minimum absolute atomic E-state index is 0.00839. The third kappa shape index (κ3) is 2.33. The third-order valence-corrected chi connectivity index (χ3v) is 3.53. The summed E-state index contributed by atoms with van der Waals surface area (Å²) in [6.07, 6.45) is 0. The maximum Gasteiger partial charge on any atom is 0.328 e. The predicted molar refractivity (Wildman–Crippen MR) is 71.8 cm³/mol. The Morgan fingerprint density at radius 2 is 2.24 bits per heavy atom. The van der Waals surface area contributed by atoms with Crippen molar-refractivity contribution in [2.24, 2.45) is 7.05 Å². The van der Waals surface area contributed by atoms with E-state index in [-0.39, 0.29) is 19.1 Å². The van der Waals surface area contributed by atoms with E-state index in [0.717, 1.165) is 5.52 Å². The highest BCUT2D eigenvalue weighted by molar-refractivity contribution is 5.99. The van der Waals surface area contributed by atoms with Crippen LogP contribution in [0.1, 0.15) is 10.4 Å². The molecule has 2 aromatic rings. The molecule has 0 saturated carbocycles. The lowest BCUT2D eigenvalue weighted by Gasteiger charge is -2.32. The molecule has 1 aliphatic heterocycles. The number of nitrogens with zero attached hydrogens (tertiary/aromatic N) is 4. The van der Waals surface area contributed by atoms with Crippen LogP contribution in [0.25, 0.3) is 11.0 Å². The van der Waals surface area contributed by atoms with E-state index >= 15 is 0 Å². The smallest absolute Gasteiger partial charge is 0.328 e. The molecule has 1 N–H and O–H groups in total. The zero-order chi connectivity index (χ0) is 15.0. The van der Waals surface area contributed by atoms with E-state index in [1.165, 1.54) is 4.90 Å². The van der Waals surface area contributed by atoms with E-state index in [4.69, 9.17) is 4.74 Å². The topological polar surface area (TPSA) is 97.5 Å². The van der Waals surface area contributed by atoms with Crippen molar-refractivity contribution in [1.82, 2.24) is 19.9 Å². The number of carbonyl (C=O) groups excluding carboxylic acids is 1. The Labute approximate surface area is 119 Å². The molecular weight excluding hydrogens is 276 g/mol. The third-order valence-electron chi connectivity index (χ3n) is 3.53. The fourth-order valence-corrected chi connectivity index (χ4v) is 2.39. The van der Waals surface area contributed by atoms with Crippen molar-refractivity contribution in [3.8, 4) is 0 Å². The van der Waals surface area contributed by atoms with Gasteiger partial charge in [-0.2, -0.15) is 0 Å². The Morgan fingerprint density at radius 1 is 1.43 bits per heavy atom. The fourth-order valence-electron chi connectivity index (χ4n) is 2.39. The molecule has 0 radical (unpaired) electrons. The van der Waals surface area contributed by atoms with Crippen molar-refractivity contribution in [2.75, 3.05) is 19.8 Å². The van der Waals surface area contributed by atoms with Gasteiger partial charge in [-0.3, -0.25) is 4.79 Å². The van der Waals surface area contributed by atoms with Crippen molar-refractivity contribution in [2.45, 2.75) is 6.04 Å². The van der Waals surface area contributed by atoms with Crippen LogP contribution in [0, 0.1) is 0 Å². The Hall–Kier alpha value is -2.48. The first-order valence-electron chi connectivity index (χ1n) is 6.49. The molecule has 1 fully saturated rings. The number of hydrogen-bond acceptors (Lipinski definition) is 5. The van der Waals surface area contributed by atoms with Crippen molar-refractivity contribution >= 4 is 22.9 Å². The van der Waals surface area contributed by atoms with E-state index in [9.17, 15) is 14.7 Å². The maximum absolute atomic E-state index is 12.5. The minimum Gasteiger partial charge on any atom is -0.480 e. The average Bonchev–Trinajstić information content (AvgIpc) is 2.87. The van der Waals surface area contributed by atoms with Crippen molar-refractivity contribution in [1.29, 1.82) is 0 Å². The van der Waals surface area contributed by atoms with Crippen LogP contribution in [0.5, 0.6) is 0 Å². The fraction of sp³-hybridized carbons (Fsp3) is 0.385. The monoisotopic (exact) mass is 290 g/mol. The molecule has 8 heteroatoms. The highest BCUT2D eigenvalue weighted by atomic mass is 16.5. The molecule has 1 aromatic carbocycles. The van der Waals surface area contributed by atoms with Gasteiger partial charge in [0.15, 0.2) is 6.04 Å². The van der Waals surface area contributed by atoms with E-state index in [0.29, 0.717) is 17.7 Å². The van der Waals surface area contributed by atoms with E-state index in [1.807, 2.05) is 0 Å². The standard InChI is InChI=1S/C13H14N4O4/c1-16-10-3-2-8(6-9(10)14-15-16)12(18)17-4-5-21-7-11(17)13(19)20/h2-3,6,11H,4-5,7H2,1H3,(H,19,20)/t11-/m1/s1. The Bertz CT molecular complexity index is 711. The molecule has 1 saturated heterocycles. The van der Waals surface area contributed by atoms with Crippen molar-refractivity contribution < 1.29 is 19.4 Å². The summed E-state index contributed by atoms with van der Waals surface area (Å²) in [5, 5.41) is 17.0. The molecule has 0 spiro atoms. The molecule has 1 aromatic heterocycles. The molecule has 21 heavy (non-hydrogen) atoms. The maximum atomic E-state index is 12.5. The van der Waals surface area contributed by atoms with Gasteiger partial charge in [0.05, 0.1) is 18.7 Å². The first kappa shape index (κ1) is 13.5. The number of fused-ring (bicyclic) bond motifs is 1. The predicted octanol–water partition coefficient (Wildman–Crippen LogP) is -0.106. The number of aliphatic carboxylic acids is 1. The number of benzene rings is 1. The second-order valence-corrected chi connectivity index (χ2v) is 4.84. The van der Waals surface area contributed by atoms with Gasteiger partial charge in [0.2, 0.25) is 0 Å². The average molecular weight is 290 g/mol. The summed E-state index contributed by atoms with van der Waals surface area (Å²) in [6, 6.07) is 4.07. The number of carbonyl (C=O) groups is 2. The number of aryl methyl sites for hydroxylation is 1. The van der Waals surface area contributed by atoms with Crippen molar-refractivity contribution in [3.05, 3.63) is 23.8 Å². The summed E-state index contributed by atoms with van der Waals surface area (Å²) in [5.74, 6) is -1.40. The zero-order valence-corrected chi connectivity index (χ0v) is 11.4. The minimum atomic E-state index is -1.07. The van der Waals surface area contributed by atoms with Gasteiger partial charge in [-0.1, -0.05) is 5.21 Å². The SMILES string of the molecule is Cn1nnc2cc(C(=O)N3CCOC[C@@H]3C(=O)O)ccc21. The summed E-state index contributed by atoms with van der Waals surface area (Å²) in [4.78, 5) is 25.1. The van der Waals surface area contributed by atoms with Gasteiger partial charge in [0, 0.05) is 19.2 Å². The number of ether oxygens (including phenoxy) is 1. The number of carboxylic acids is 1. The van der Waals surface area contributed by atoms with Crippen LogP contribution in [0.2, 0.25) is 0 Å². The van der Waals surface area contributed by atoms with Crippen LogP contribution in [0.15, 0.2) is 18.2 Å². The number of rotatable bonds is 2. The summed E-state index contributed by atoms with van der Waals surface area (Å²) in [6.45, 7) is 0.603. The van der Waals surface area contributed by atoms with Crippen LogP contribution in [-0.2, 0) is 16.6 Å². The van der Waals surface area contributed by atoms with Crippen LogP contribution < -0.4 is 0 Å². The molecule has 1 atom stereocenters. The lowest BCUT2D eigenvalue weighted by molar-refractivity contribution is -0.147. The lowest BCUT2D eigenvalue weighted by Crippen LogP contribution is -2.52. The van der Waals surface area contributed by atoms with Crippen molar-refractivity contribution in [3.63, 3.8) is 0 Å². The molecule has 110 valence electrons. The van der Waals surface area contributed by atoms with Gasteiger partial charge in [-0.25, -0.2) is 9.48 Å². The first-order chi connectivity index (χ1) is 10.1. The Morgan fingerprint density at radius 3 is 3.00 bits per heavy atom. The molecular formula is C13H14N4O4. The zero-order valence-electron chi connectivity index (χ0n) is 11.4. The highest BCUT2D eigenvalue weighted by Crippen LogP contribution is 2.17. The summed E-state index contributed by atoms with van der Waals surface area (Å²) >= 11 is 0. The number of aromatic nitrogens is 3. The molecule has 0 aliphatic carbocycles. The van der Waals surface area contributed by atoms with Gasteiger partial charge in [-0.05, 0) is 18.2 Å². The molecule has 2 heterocycles.